The van der Waals surface area contributed by atoms with Crippen molar-refractivity contribution in [3.8, 4) is 0 Å². The average Bonchev–Trinajstić information content (AvgIpc) is 2.86. The Morgan fingerprint density at radius 1 is 1.30 bits per heavy atom. The van der Waals surface area contributed by atoms with Gasteiger partial charge in [0.1, 0.15) is 5.78 Å². The highest BCUT2D eigenvalue weighted by atomic mass is 127. The summed E-state index contributed by atoms with van der Waals surface area (Å²) in [5.41, 5.74) is 1.03. The molecule has 0 spiro atoms. The molecule has 0 amide bonds. The largest absolute Gasteiger partial charge is 0.377 e. The number of Topliss-reactive ketones (excluding diaryl/α,β-unsaturated/α-hetero) is 1. The van der Waals surface area contributed by atoms with Gasteiger partial charge < -0.3 is 4.74 Å². The Balaban J connectivity index is 1.53. The standard InChI is InChI=1S/C20H25IO2/c1-15-12-17-8-9-18(21)20(17,19(22)13-15)10-5-11-23-14-16-6-3-2-4-7-16/h2-4,6-7,9,15,17H,5,8,10-14H2,1H3/t15-,17-,20+/m1/s1. The molecule has 0 saturated heterocycles. The molecule has 3 atom stereocenters. The molecule has 1 aromatic carbocycles. The Morgan fingerprint density at radius 2 is 2.09 bits per heavy atom. The predicted molar refractivity (Wildman–Crippen MR) is 101 cm³/mol. The third-order valence-corrected chi connectivity index (χ3v) is 6.80. The third-order valence-electron chi connectivity index (χ3n) is 5.39. The molecule has 1 aromatic rings. The highest BCUT2D eigenvalue weighted by molar-refractivity contribution is 14.1. The van der Waals surface area contributed by atoms with Crippen molar-refractivity contribution in [1.82, 2.24) is 0 Å². The Labute approximate surface area is 152 Å². The van der Waals surface area contributed by atoms with Crippen LogP contribution in [0.1, 0.15) is 44.6 Å². The first-order chi connectivity index (χ1) is 11.1. The van der Waals surface area contributed by atoms with E-state index in [2.05, 4.69) is 47.7 Å². The van der Waals surface area contributed by atoms with E-state index in [9.17, 15) is 4.79 Å². The lowest BCUT2D eigenvalue weighted by atomic mass is 9.62. The number of fused-ring (bicyclic) bond motifs is 1. The topological polar surface area (TPSA) is 26.3 Å². The molecule has 3 heteroatoms. The van der Waals surface area contributed by atoms with Crippen LogP contribution in [-0.4, -0.2) is 12.4 Å². The van der Waals surface area contributed by atoms with E-state index < -0.39 is 0 Å². The van der Waals surface area contributed by atoms with E-state index in [1.165, 1.54) is 15.6 Å². The normalized spacial score (nSPS) is 30.2. The first-order valence-electron chi connectivity index (χ1n) is 8.64. The Bertz CT molecular complexity index is 581. The van der Waals surface area contributed by atoms with Crippen LogP contribution in [-0.2, 0) is 16.1 Å². The number of hydrogen-bond donors (Lipinski definition) is 0. The molecule has 23 heavy (non-hydrogen) atoms. The van der Waals surface area contributed by atoms with Gasteiger partial charge in [0.15, 0.2) is 0 Å². The maximum absolute atomic E-state index is 12.8. The zero-order valence-electron chi connectivity index (χ0n) is 13.8. The summed E-state index contributed by atoms with van der Waals surface area (Å²) in [4.78, 5) is 12.8. The minimum Gasteiger partial charge on any atom is -0.377 e. The number of ether oxygens (including phenoxy) is 1. The van der Waals surface area contributed by atoms with Gasteiger partial charge in [-0.25, -0.2) is 0 Å². The van der Waals surface area contributed by atoms with Gasteiger partial charge in [-0.05, 0) is 65.7 Å². The molecule has 1 saturated carbocycles. The minimum atomic E-state index is -0.177. The number of carbonyl (C=O) groups excluding carboxylic acids is 1. The SMILES string of the molecule is C[C@H]1CC(=O)[C@]2(CCCOCc3ccccc3)C(I)=CC[C@@H]2C1. The molecule has 0 aliphatic heterocycles. The van der Waals surface area contributed by atoms with Crippen molar-refractivity contribution in [3.63, 3.8) is 0 Å². The van der Waals surface area contributed by atoms with Gasteiger partial charge in [0.05, 0.1) is 12.0 Å². The van der Waals surface area contributed by atoms with Crippen LogP contribution in [0.3, 0.4) is 0 Å². The van der Waals surface area contributed by atoms with E-state index in [-0.39, 0.29) is 5.41 Å². The van der Waals surface area contributed by atoms with E-state index in [1.807, 2.05) is 18.2 Å². The summed E-state index contributed by atoms with van der Waals surface area (Å²) in [6.45, 7) is 3.61. The van der Waals surface area contributed by atoms with Crippen LogP contribution >= 0.6 is 22.6 Å². The number of halogens is 1. The lowest BCUT2D eigenvalue weighted by Gasteiger charge is -2.41. The second kappa shape index (κ2) is 7.47. The van der Waals surface area contributed by atoms with Crippen LogP contribution < -0.4 is 0 Å². The lowest BCUT2D eigenvalue weighted by Crippen LogP contribution is -2.42. The van der Waals surface area contributed by atoms with E-state index in [1.54, 1.807) is 0 Å². The van der Waals surface area contributed by atoms with Crippen LogP contribution in [0, 0.1) is 17.3 Å². The highest BCUT2D eigenvalue weighted by Crippen LogP contribution is 2.56. The van der Waals surface area contributed by atoms with Crippen molar-refractivity contribution in [3.05, 3.63) is 45.6 Å². The fourth-order valence-corrected chi connectivity index (χ4v) is 5.50. The van der Waals surface area contributed by atoms with Gasteiger partial charge in [0.25, 0.3) is 0 Å². The number of ketones is 1. The summed E-state index contributed by atoms with van der Waals surface area (Å²) in [6.07, 6.45) is 7.24. The van der Waals surface area contributed by atoms with E-state index in [0.717, 1.165) is 32.3 Å². The summed E-state index contributed by atoms with van der Waals surface area (Å²) in [5.74, 6) is 1.55. The maximum Gasteiger partial charge on any atom is 0.144 e. The van der Waals surface area contributed by atoms with Crippen LogP contribution in [0.4, 0.5) is 0 Å². The van der Waals surface area contributed by atoms with Gasteiger partial charge in [-0.1, -0.05) is 43.3 Å². The Hall–Kier alpha value is -0.680. The molecule has 124 valence electrons. The summed E-state index contributed by atoms with van der Waals surface area (Å²) in [6, 6.07) is 10.3. The molecule has 0 N–H and O–H groups in total. The zero-order valence-corrected chi connectivity index (χ0v) is 15.9. The maximum atomic E-state index is 12.8. The molecule has 0 unspecified atom stereocenters. The molecular formula is C20H25IO2. The summed E-state index contributed by atoms with van der Waals surface area (Å²) in [5, 5.41) is 0. The van der Waals surface area contributed by atoms with Crippen molar-refractivity contribution in [2.24, 2.45) is 17.3 Å². The highest BCUT2D eigenvalue weighted by Gasteiger charge is 2.52. The summed E-state index contributed by atoms with van der Waals surface area (Å²) >= 11 is 2.41. The van der Waals surface area contributed by atoms with Gasteiger partial charge in [-0.2, -0.15) is 0 Å². The van der Waals surface area contributed by atoms with Crippen molar-refractivity contribution >= 4 is 28.4 Å². The quantitative estimate of drug-likeness (QED) is 0.457. The molecular weight excluding hydrogens is 399 g/mol. The Kier molecular flexibility index (Phi) is 5.57. The van der Waals surface area contributed by atoms with Crippen molar-refractivity contribution < 1.29 is 9.53 Å². The first kappa shape index (κ1) is 17.2. The van der Waals surface area contributed by atoms with Crippen LogP contribution in [0.5, 0.6) is 0 Å². The minimum absolute atomic E-state index is 0.177. The molecule has 2 aliphatic carbocycles. The summed E-state index contributed by atoms with van der Waals surface area (Å²) < 4.78 is 7.11. The number of carbonyl (C=O) groups is 1. The smallest absolute Gasteiger partial charge is 0.144 e. The van der Waals surface area contributed by atoms with Crippen molar-refractivity contribution in [2.75, 3.05) is 6.61 Å². The van der Waals surface area contributed by atoms with Crippen LogP contribution in [0.15, 0.2) is 40.0 Å². The molecule has 2 aliphatic rings. The van der Waals surface area contributed by atoms with Gasteiger partial charge >= 0.3 is 0 Å². The number of hydrogen-bond acceptors (Lipinski definition) is 2. The number of rotatable bonds is 6. The molecule has 0 heterocycles. The second-order valence-corrected chi connectivity index (χ2v) is 8.23. The fraction of sp³-hybridized carbons (Fsp3) is 0.550. The molecule has 0 aromatic heterocycles. The third kappa shape index (κ3) is 3.55. The monoisotopic (exact) mass is 424 g/mol. The van der Waals surface area contributed by atoms with Gasteiger partial charge in [-0.3, -0.25) is 4.79 Å². The number of allylic oxidation sites excluding steroid dienone is 2. The second-order valence-electron chi connectivity index (χ2n) is 7.07. The average molecular weight is 424 g/mol. The van der Waals surface area contributed by atoms with Crippen LogP contribution in [0.2, 0.25) is 0 Å². The van der Waals surface area contributed by atoms with Crippen LogP contribution in [0.25, 0.3) is 0 Å². The van der Waals surface area contributed by atoms with Gasteiger partial charge in [0.2, 0.25) is 0 Å². The zero-order chi connectivity index (χ0) is 16.3. The molecule has 1 fully saturated rings. The number of benzene rings is 1. The predicted octanol–water partition coefficient (Wildman–Crippen LogP) is 5.31. The fourth-order valence-electron chi connectivity index (χ4n) is 4.23. The molecule has 0 radical (unpaired) electrons. The Morgan fingerprint density at radius 3 is 2.87 bits per heavy atom. The molecule has 3 rings (SSSR count). The van der Waals surface area contributed by atoms with Gasteiger partial charge in [-0.15, -0.1) is 0 Å². The first-order valence-corrected chi connectivity index (χ1v) is 9.72. The summed E-state index contributed by atoms with van der Waals surface area (Å²) in [7, 11) is 0. The van der Waals surface area contributed by atoms with Crippen molar-refractivity contribution in [2.45, 2.75) is 45.6 Å². The van der Waals surface area contributed by atoms with Crippen molar-refractivity contribution in [1.29, 1.82) is 0 Å². The van der Waals surface area contributed by atoms with E-state index >= 15 is 0 Å². The van der Waals surface area contributed by atoms with E-state index in [4.69, 9.17) is 4.74 Å². The molecule has 2 nitrogen and oxygen atoms in total. The van der Waals surface area contributed by atoms with Gasteiger partial charge in [0, 0.05) is 16.6 Å². The lowest BCUT2D eigenvalue weighted by molar-refractivity contribution is -0.133. The molecule has 0 bridgehead atoms. The van der Waals surface area contributed by atoms with E-state index in [0.29, 0.717) is 24.2 Å².